The highest BCUT2D eigenvalue weighted by Gasteiger charge is 2.22. The molecule has 0 saturated heterocycles. The largest absolute Gasteiger partial charge is 0.395 e. The molecule has 4 rings (SSSR count). The predicted molar refractivity (Wildman–Crippen MR) is 112 cm³/mol. The predicted octanol–water partition coefficient (Wildman–Crippen LogP) is 3.45. The van der Waals surface area contributed by atoms with Crippen molar-refractivity contribution >= 4 is 28.4 Å². The first-order valence-corrected chi connectivity index (χ1v) is 9.45. The smallest absolute Gasteiger partial charge is 0.0604 e. The Morgan fingerprint density at radius 3 is 2.85 bits per heavy atom. The fraction of sp³-hybridized carbons (Fsp3) is 0.318. The van der Waals surface area contributed by atoms with E-state index in [4.69, 9.17) is 5.11 Å². The molecule has 0 radical (unpaired) electrons. The van der Waals surface area contributed by atoms with Crippen LogP contribution in [0, 0.1) is 0 Å². The number of nitrogens with one attached hydrogen (secondary N) is 1. The maximum atomic E-state index is 9.09. The van der Waals surface area contributed by atoms with Gasteiger partial charge in [0.2, 0.25) is 0 Å². The van der Waals surface area contributed by atoms with Crippen molar-refractivity contribution in [1.29, 1.82) is 0 Å². The first-order valence-electron chi connectivity index (χ1n) is 9.45. The molecule has 27 heavy (non-hydrogen) atoms. The van der Waals surface area contributed by atoms with Crippen LogP contribution in [0.25, 0.3) is 22.7 Å². The molecule has 0 saturated carbocycles. The molecular formula is C22H26N4O. The minimum absolute atomic E-state index is 0.133. The Hall–Kier alpha value is -2.63. The number of pyridine rings is 1. The molecule has 0 aliphatic carbocycles. The molecule has 5 nitrogen and oxygen atoms in total. The Kier molecular flexibility index (Phi) is 4.97. The van der Waals surface area contributed by atoms with E-state index in [1.807, 2.05) is 12.4 Å². The lowest BCUT2D eigenvalue weighted by Gasteiger charge is -2.23. The van der Waals surface area contributed by atoms with Gasteiger partial charge in [-0.1, -0.05) is 0 Å². The van der Waals surface area contributed by atoms with E-state index in [-0.39, 0.29) is 6.61 Å². The standard InChI is InChI=1S/C22H26N4O/c1-16(17-5-8-23-9-6-17)14-26-21-4-3-18(24-10-12-27)13-19(21)20-15-25(2)11-7-22(20)26/h3-6,8-9,13-14,24,27H,7,10-12,15H2,1-2H3/b16-14-. The number of anilines is 1. The van der Waals surface area contributed by atoms with Crippen LogP contribution >= 0.6 is 0 Å². The number of hydrogen-bond acceptors (Lipinski definition) is 4. The number of aliphatic hydroxyl groups is 1. The van der Waals surface area contributed by atoms with Crippen LogP contribution in [0.5, 0.6) is 0 Å². The van der Waals surface area contributed by atoms with Gasteiger partial charge in [-0.25, -0.2) is 0 Å². The molecule has 0 unspecified atom stereocenters. The minimum Gasteiger partial charge on any atom is -0.395 e. The number of nitrogens with zero attached hydrogens (tertiary/aromatic N) is 3. The lowest BCUT2D eigenvalue weighted by Crippen LogP contribution is -2.26. The molecule has 3 aromatic rings. The maximum Gasteiger partial charge on any atom is 0.0604 e. The van der Waals surface area contributed by atoms with Gasteiger partial charge in [-0.05, 0) is 61.0 Å². The van der Waals surface area contributed by atoms with Crippen molar-refractivity contribution in [2.75, 3.05) is 32.1 Å². The van der Waals surface area contributed by atoms with E-state index in [2.05, 4.69) is 70.3 Å². The first-order chi connectivity index (χ1) is 13.2. The van der Waals surface area contributed by atoms with Crippen molar-refractivity contribution in [1.82, 2.24) is 14.5 Å². The molecule has 1 aliphatic heterocycles. The Morgan fingerprint density at radius 2 is 2.07 bits per heavy atom. The molecule has 0 fully saturated rings. The van der Waals surface area contributed by atoms with Gasteiger partial charge in [-0.3, -0.25) is 4.98 Å². The zero-order chi connectivity index (χ0) is 18.8. The molecule has 2 N–H and O–H groups in total. The second-order valence-electron chi connectivity index (χ2n) is 7.21. The van der Waals surface area contributed by atoms with Crippen molar-refractivity contribution in [3.8, 4) is 0 Å². The number of fused-ring (bicyclic) bond motifs is 3. The van der Waals surface area contributed by atoms with Crippen LogP contribution in [0.1, 0.15) is 23.7 Å². The van der Waals surface area contributed by atoms with Gasteiger partial charge in [0.25, 0.3) is 0 Å². The van der Waals surface area contributed by atoms with Gasteiger partial charge in [0.15, 0.2) is 0 Å². The number of benzene rings is 1. The second-order valence-corrected chi connectivity index (χ2v) is 7.21. The van der Waals surface area contributed by atoms with E-state index >= 15 is 0 Å². The summed E-state index contributed by atoms with van der Waals surface area (Å²) in [5.41, 5.74) is 7.51. The van der Waals surface area contributed by atoms with Crippen molar-refractivity contribution in [2.24, 2.45) is 0 Å². The Labute approximate surface area is 160 Å². The molecule has 5 heteroatoms. The zero-order valence-electron chi connectivity index (χ0n) is 15.9. The van der Waals surface area contributed by atoms with Crippen molar-refractivity contribution in [3.05, 3.63) is 59.5 Å². The summed E-state index contributed by atoms with van der Waals surface area (Å²) in [5.74, 6) is 0. The van der Waals surface area contributed by atoms with Gasteiger partial charge in [-0.15, -0.1) is 0 Å². The maximum absolute atomic E-state index is 9.09. The van der Waals surface area contributed by atoms with Gasteiger partial charge in [0.05, 0.1) is 12.1 Å². The fourth-order valence-electron chi connectivity index (χ4n) is 3.87. The van der Waals surface area contributed by atoms with Crippen molar-refractivity contribution in [2.45, 2.75) is 19.9 Å². The average molecular weight is 362 g/mol. The lowest BCUT2D eigenvalue weighted by molar-refractivity contribution is 0.311. The van der Waals surface area contributed by atoms with Crippen LogP contribution in [0.15, 0.2) is 42.7 Å². The number of allylic oxidation sites excluding steroid dienone is 1. The summed E-state index contributed by atoms with van der Waals surface area (Å²) in [6, 6.07) is 10.6. The minimum atomic E-state index is 0.133. The number of likely N-dealkylation sites (N-methyl/N-ethyl adjacent to an activating group) is 1. The SMILES string of the molecule is C/C(=C/n1c2c(c3cc(NCCO)ccc31)CN(C)CC2)c1ccncc1. The highest BCUT2D eigenvalue weighted by atomic mass is 16.3. The summed E-state index contributed by atoms with van der Waals surface area (Å²) >= 11 is 0. The number of aromatic nitrogens is 2. The number of hydrogen-bond donors (Lipinski definition) is 2. The normalized spacial score (nSPS) is 15.1. The van der Waals surface area contributed by atoms with Gasteiger partial charge in [0.1, 0.15) is 0 Å². The average Bonchev–Trinajstić information content (AvgIpc) is 2.99. The zero-order valence-corrected chi connectivity index (χ0v) is 15.9. The highest BCUT2D eigenvalue weighted by molar-refractivity contribution is 5.92. The van der Waals surface area contributed by atoms with E-state index < -0.39 is 0 Å². The van der Waals surface area contributed by atoms with Crippen molar-refractivity contribution < 1.29 is 5.11 Å². The van der Waals surface area contributed by atoms with Crippen LogP contribution in [-0.2, 0) is 13.0 Å². The van der Waals surface area contributed by atoms with E-state index in [1.54, 1.807) is 0 Å². The summed E-state index contributed by atoms with van der Waals surface area (Å²) in [6.07, 6.45) is 6.97. The third kappa shape index (κ3) is 3.48. The Balaban J connectivity index is 1.85. The van der Waals surface area contributed by atoms with Gasteiger partial charge in [-0.2, -0.15) is 0 Å². The summed E-state index contributed by atoms with van der Waals surface area (Å²) in [6.45, 7) is 4.88. The Morgan fingerprint density at radius 1 is 1.26 bits per heavy atom. The molecule has 0 amide bonds. The molecule has 140 valence electrons. The van der Waals surface area contributed by atoms with E-state index in [9.17, 15) is 0 Å². The van der Waals surface area contributed by atoms with Crippen LogP contribution < -0.4 is 5.32 Å². The summed E-state index contributed by atoms with van der Waals surface area (Å²) < 4.78 is 2.36. The summed E-state index contributed by atoms with van der Waals surface area (Å²) in [4.78, 5) is 6.50. The first kappa shape index (κ1) is 17.8. The van der Waals surface area contributed by atoms with Crippen LogP contribution in [-0.4, -0.2) is 46.3 Å². The third-order valence-electron chi connectivity index (χ3n) is 5.28. The molecule has 0 atom stereocenters. The molecule has 3 heterocycles. The van der Waals surface area contributed by atoms with E-state index in [1.165, 1.54) is 33.3 Å². The topological polar surface area (TPSA) is 53.3 Å². The summed E-state index contributed by atoms with van der Waals surface area (Å²) in [5, 5.41) is 13.7. The number of aliphatic hydroxyl groups excluding tert-OH is 1. The molecule has 1 aromatic carbocycles. The molecular weight excluding hydrogens is 336 g/mol. The third-order valence-corrected chi connectivity index (χ3v) is 5.28. The monoisotopic (exact) mass is 362 g/mol. The number of rotatable bonds is 5. The fourth-order valence-corrected chi connectivity index (χ4v) is 3.87. The van der Waals surface area contributed by atoms with Gasteiger partial charge in [0, 0.05) is 61.4 Å². The van der Waals surface area contributed by atoms with E-state index in [0.717, 1.165) is 25.2 Å². The molecule has 0 bridgehead atoms. The highest BCUT2D eigenvalue weighted by Crippen LogP contribution is 2.33. The van der Waals surface area contributed by atoms with Crippen LogP contribution in [0.2, 0.25) is 0 Å². The molecule has 1 aliphatic rings. The lowest BCUT2D eigenvalue weighted by atomic mass is 10.0. The van der Waals surface area contributed by atoms with E-state index in [0.29, 0.717) is 6.54 Å². The second kappa shape index (κ2) is 7.55. The van der Waals surface area contributed by atoms with Crippen LogP contribution in [0.3, 0.4) is 0 Å². The molecule has 0 spiro atoms. The van der Waals surface area contributed by atoms with Crippen LogP contribution in [0.4, 0.5) is 5.69 Å². The summed E-state index contributed by atoms with van der Waals surface area (Å²) in [7, 11) is 2.18. The molecule has 2 aromatic heterocycles. The van der Waals surface area contributed by atoms with Gasteiger partial charge >= 0.3 is 0 Å². The van der Waals surface area contributed by atoms with Gasteiger partial charge < -0.3 is 19.9 Å². The quantitative estimate of drug-likeness (QED) is 0.730. The Bertz CT molecular complexity index is 975. The van der Waals surface area contributed by atoms with Crippen molar-refractivity contribution in [3.63, 3.8) is 0 Å².